The van der Waals surface area contributed by atoms with E-state index in [9.17, 15) is 137 Å². The van der Waals surface area contributed by atoms with Crippen molar-refractivity contribution in [3.05, 3.63) is 54.2 Å². The largest absolute Gasteiger partial charge is 0.480 e. The van der Waals surface area contributed by atoms with Crippen LogP contribution in [0, 0.1) is 0 Å². The van der Waals surface area contributed by atoms with Crippen molar-refractivity contribution in [2.45, 2.75) is 107 Å². The van der Waals surface area contributed by atoms with Crippen molar-refractivity contribution in [1.29, 1.82) is 0 Å². The summed E-state index contributed by atoms with van der Waals surface area (Å²) < 4.78 is 0. The van der Waals surface area contributed by atoms with Crippen LogP contribution in [0.5, 0.6) is 0 Å². The molecule has 117 heavy (non-hydrogen) atoms. The molecule has 3 aromatic rings. The van der Waals surface area contributed by atoms with Crippen molar-refractivity contribution >= 4 is 130 Å². The van der Waals surface area contributed by atoms with Crippen LogP contribution in [0.2, 0.25) is 0 Å². The molecule has 0 bridgehead atoms. The van der Waals surface area contributed by atoms with E-state index < -0.39 is 305 Å². The number of para-hydroxylation sites is 1. The SMILES string of the molecule is CCCCCNC(=O)[C@@H](CCC(=O)NCC(=O)N[C@@H](CCC(N)=O)C(=O)NC(Cc1c[nH]c2ccccc12)C(=O)N[C@@H](Cc1cnc[nH]1)C(=O)NC)NC(=O)C(CNC(=O)[C@@H](CN(CCN(CC(=O)O)CC(=O)O)CC(=O)O)N(CC(=O)O)CC(=O)O)NC(=O)[C@@H](CN(CCN(CC(=O)O)CC(=O)O)CC(=O)O)N(CC(=O)O)CC(=O)O. The highest BCUT2D eigenvalue weighted by atomic mass is 16.4. The lowest BCUT2D eigenvalue weighted by molar-refractivity contribution is -0.148. The number of carboxylic acid groups (broad SMARTS) is 10. The smallest absolute Gasteiger partial charge is 0.317 e. The van der Waals surface area contributed by atoms with Gasteiger partial charge < -0.3 is 115 Å². The molecule has 3 rings (SSSR count). The highest BCUT2D eigenvalue weighted by Crippen LogP contribution is 2.20. The summed E-state index contributed by atoms with van der Waals surface area (Å²) in [5, 5.41) is 120. The van der Waals surface area contributed by atoms with Gasteiger partial charge in [0.25, 0.3) is 0 Å². The second kappa shape index (κ2) is 51.1. The molecule has 646 valence electrons. The normalized spacial score (nSPS) is 13.1. The fourth-order valence-electron chi connectivity index (χ4n) is 11.7. The Morgan fingerprint density at radius 2 is 0.863 bits per heavy atom. The molecule has 23 N–H and O–H groups in total. The summed E-state index contributed by atoms with van der Waals surface area (Å²) in [6, 6.07) is -6.30. The molecular formula is C68H99N19O30. The number of hydrogen-bond acceptors (Lipinski definition) is 27. The van der Waals surface area contributed by atoms with Gasteiger partial charge >= 0.3 is 59.7 Å². The van der Waals surface area contributed by atoms with Crippen LogP contribution in [0.3, 0.4) is 0 Å². The quantitative estimate of drug-likeness (QED) is 0.0233. The monoisotopic (exact) mass is 1660 g/mol. The van der Waals surface area contributed by atoms with Crippen LogP contribution in [0.25, 0.3) is 10.9 Å². The number of likely N-dealkylation sites (N-methyl/N-ethyl adjacent to an activating group) is 1. The minimum Gasteiger partial charge on any atom is -0.480 e. The Morgan fingerprint density at radius 1 is 0.436 bits per heavy atom. The maximum atomic E-state index is 15.1. The zero-order chi connectivity index (χ0) is 87.6. The van der Waals surface area contributed by atoms with E-state index in [-0.39, 0.29) is 19.4 Å². The van der Waals surface area contributed by atoms with Crippen LogP contribution >= 0.6 is 0 Å². The van der Waals surface area contributed by atoms with Crippen molar-refractivity contribution < 1.29 is 147 Å². The molecule has 2 heterocycles. The van der Waals surface area contributed by atoms with Crippen LogP contribution in [-0.2, 0) is 109 Å². The average Bonchev–Trinajstić information content (AvgIpc) is 1.78. The number of carboxylic acids is 10. The van der Waals surface area contributed by atoms with Crippen molar-refractivity contribution in [3.63, 3.8) is 0 Å². The number of nitrogens with one attached hydrogen (secondary N) is 11. The van der Waals surface area contributed by atoms with E-state index in [1.807, 2.05) is 0 Å². The molecule has 49 nitrogen and oxygen atoms in total. The van der Waals surface area contributed by atoms with Gasteiger partial charge in [-0.15, -0.1) is 0 Å². The molecule has 10 amide bonds. The number of H-pyrrole nitrogens is 2. The number of nitrogens with zero attached hydrogens (tertiary/aromatic N) is 7. The highest BCUT2D eigenvalue weighted by molar-refractivity contribution is 5.97. The number of aliphatic carboxylic acids is 10. The van der Waals surface area contributed by atoms with Gasteiger partial charge in [0.2, 0.25) is 59.1 Å². The van der Waals surface area contributed by atoms with Crippen LogP contribution in [0.1, 0.15) is 63.1 Å². The number of imidazole rings is 1. The number of unbranched alkanes of at least 4 members (excludes halogenated alkanes) is 2. The Balaban J connectivity index is 2.20. The summed E-state index contributed by atoms with van der Waals surface area (Å²) in [4.78, 5) is 276. The van der Waals surface area contributed by atoms with Gasteiger partial charge in [-0.3, -0.25) is 125 Å². The number of aromatic nitrogens is 3. The van der Waals surface area contributed by atoms with Crippen molar-refractivity contribution in [1.82, 2.24) is 92.2 Å². The van der Waals surface area contributed by atoms with Gasteiger partial charge in [0, 0.05) is 114 Å². The Kier molecular flexibility index (Phi) is 42.9. The maximum absolute atomic E-state index is 15.1. The summed E-state index contributed by atoms with van der Waals surface area (Å²) in [6.45, 7) is -16.7. The second-order valence-electron chi connectivity index (χ2n) is 26.6. The van der Waals surface area contributed by atoms with Gasteiger partial charge in [0.05, 0.1) is 78.3 Å². The third kappa shape index (κ3) is 39.2. The zero-order valence-electron chi connectivity index (χ0n) is 63.7. The molecule has 0 spiro atoms. The molecule has 0 aliphatic rings. The van der Waals surface area contributed by atoms with Crippen LogP contribution < -0.4 is 53.6 Å². The molecule has 1 aromatic carbocycles. The topological polar surface area (TPSA) is 742 Å². The molecule has 0 fully saturated rings. The van der Waals surface area contributed by atoms with E-state index in [1.54, 1.807) is 37.4 Å². The minimum absolute atomic E-state index is 0.0866. The molecule has 0 saturated carbocycles. The summed E-state index contributed by atoms with van der Waals surface area (Å²) in [7, 11) is 1.32. The molecule has 49 heteroatoms. The van der Waals surface area contributed by atoms with E-state index in [1.165, 1.54) is 19.6 Å². The maximum Gasteiger partial charge on any atom is 0.317 e. The van der Waals surface area contributed by atoms with Crippen molar-refractivity contribution in [2.75, 3.05) is 131 Å². The van der Waals surface area contributed by atoms with Gasteiger partial charge in [0.15, 0.2) is 0 Å². The number of amides is 10. The van der Waals surface area contributed by atoms with Crippen molar-refractivity contribution in [2.24, 2.45) is 5.73 Å². The second-order valence-corrected chi connectivity index (χ2v) is 26.6. The van der Waals surface area contributed by atoms with E-state index in [0.717, 1.165) is 19.6 Å². The number of fused-ring (bicyclic) bond motifs is 1. The Morgan fingerprint density at radius 3 is 1.33 bits per heavy atom. The third-order valence-electron chi connectivity index (χ3n) is 17.2. The standard InChI is InChI=1S/C68H99N19O30/c1-3-4-7-14-72-63(112)42(11-13-50(89)74-24-51(90)77-43(10-12-49(69)88)64(113)79-44(19-38-21-73-41-9-6-5-8-40(38)41)65(114)80-45(62(111)70-2)20-39-22-71-37-76-39)78-66(115)46(81-68(117)48(87(35-60(107)108)36-61(109)110)26-83(28-53(93)94)16-18-85(31-56(99)100)32-57(101)102)23-75-67(116)47(86(33-58(103)104)34-59(105)106)25-82(27-52(91)92)15-17-84(29-54(95)96)30-55(97)98/h5-6,8-9,21-22,37,42-48,73H,3-4,7,10-20,23-36H2,1-2H3,(H2,69,88)(H,70,111)(H,71,76)(H,72,112)(H,74,89)(H,75,116)(H,77,90)(H,78,115)(H,79,113)(H,80,114)(H,81,117)(H,91,92)(H,93,94)(H,95,96)(H,97,98)(H,99,100)(H,101,102)(H,103,104)(H,105,106)(H,107,108)(H,109,110)/t42-,43+,44?,45+,46?,47-,48-/m1/s1. The first-order valence-corrected chi connectivity index (χ1v) is 36.1. The number of nitrogens with two attached hydrogens (primary N) is 1. The van der Waals surface area contributed by atoms with Gasteiger partial charge in [0.1, 0.15) is 42.3 Å². The third-order valence-corrected chi connectivity index (χ3v) is 17.2. The minimum atomic E-state index is -2.42. The lowest BCUT2D eigenvalue weighted by Crippen LogP contribution is -2.63. The zero-order valence-corrected chi connectivity index (χ0v) is 63.7. The summed E-state index contributed by atoms with van der Waals surface area (Å²) in [5.41, 5.74) is 7.06. The number of hydrogen-bond donors (Lipinski definition) is 22. The van der Waals surface area contributed by atoms with Crippen LogP contribution in [0.15, 0.2) is 43.0 Å². The van der Waals surface area contributed by atoms with Crippen molar-refractivity contribution in [3.8, 4) is 0 Å². The van der Waals surface area contributed by atoms with Gasteiger partial charge in [-0.2, -0.15) is 0 Å². The number of carbonyl (C=O) groups excluding carboxylic acids is 10. The van der Waals surface area contributed by atoms with E-state index >= 15 is 9.59 Å². The average molecular weight is 1660 g/mol. The first-order valence-electron chi connectivity index (χ1n) is 36.1. The summed E-state index contributed by atoms with van der Waals surface area (Å²) in [6.07, 6.45) is 2.86. The summed E-state index contributed by atoms with van der Waals surface area (Å²) >= 11 is 0. The van der Waals surface area contributed by atoms with E-state index in [4.69, 9.17) is 5.73 Å². The number of rotatable bonds is 62. The van der Waals surface area contributed by atoms with E-state index in [0.29, 0.717) is 51.2 Å². The number of benzene rings is 1. The van der Waals surface area contributed by atoms with Gasteiger partial charge in [-0.05, 0) is 30.9 Å². The van der Waals surface area contributed by atoms with Crippen LogP contribution in [0.4, 0.5) is 0 Å². The molecule has 0 radical (unpaired) electrons. The number of aromatic amines is 2. The predicted octanol–water partition coefficient (Wildman–Crippen LogP) is -9.17. The van der Waals surface area contributed by atoms with Gasteiger partial charge in [-0.25, -0.2) is 4.98 Å². The predicted molar refractivity (Wildman–Crippen MR) is 397 cm³/mol. The molecule has 0 saturated heterocycles. The fraction of sp³-hybridized carbons (Fsp3) is 0.544. The lowest BCUT2D eigenvalue weighted by Gasteiger charge is -2.35. The molecule has 2 unspecified atom stereocenters. The Bertz CT molecular complexity index is 3910. The van der Waals surface area contributed by atoms with E-state index in [2.05, 4.69) is 62.8 Å². The fourth-order valence-corrected chi connectivity index (χ4v) is 11.7. The Labute approximate surface area is 665 Å². The Hall–Kier alpha value is -12.9. The number of carbonyl (C=O) groups is 20. The number of primary amides is 1. The van der Waals surface area contributed by atoms with Gasteiger partial charge in [-0.1, -0.05) is 38.0 Å². The first-order chi connectivity index (χ1) is 55.2. The molecule has 0 aliphatic carbocycles. The molecule has 0 aliphatic heterocycles. The van der Waals surface area contributed by atoms with Crippen LogP contribution in [-0.4, -0.2) is 388 Å². The lowest BCUT2D eigenvalue weighted by atomic mass is 10.0. The molecule has 7 atom stereocenters. The first kappa shape index (κ1) is 98.3. The molecular weight excluding hydrogens is 1560 g/mol. The highest BCUT2D eigenvalue weighted by Gasteiger charge is 2.39. The summed E-state index contributed by atoms with van der Waals surface area (Å²) in [5.74, 6) is -28.4. The molecule has 2 aromatic heterocycles.